The number of rotatable bonds is 13. The van der Waals surface area contributed by atoms with Gasteiger partial charge in [-0.05, 0) is 27.2 Å². The summed E-state index contributed by atoms with van der Waals surface area (Å²) >= 11 is 0. The molecule has 0 radical (unpaired) electrons. The minimum atomic E-state index is -2.80. The van der Waals surface area contributed by atoms with E-state index in [2.05, 4.69) is 13.5 Å². The lowest BCUT2D eigenvalue weighted by molar-refractivity contribution is -0.161. The monoisotopic (exact) mass is 318 g/mol. The molecule has 0 N–H and O–H groups in total. The zero-order valence-corrected chi connectivity index (χ0v) is 14.9. The maximum Gasteiger partial charge on any atom is 0.503 e. The van der Waals surface area contributed by atoms with Crippen LogP contribution in [0, 0.1) is 0 Å². The summed E-state index contributed by atoms with van der Waals surface area (Å²) in [5.41, 5.74) is 0. The Balaban J connectivity index is 4.65. The van der Waals surface area contributed by atoms with E-state index in [1.807, 2.05) is 13.8 Å². The molecule has 0 spiro atoms. The standard InChI is InChI=1S/C15H30O5Si/c1-6-10-11-12-13-21(17-8-3,18-9-4)20-14(5)19-15(16)7-2/h7,14H,2,6,8-13H2,1,3-5H3. The average Bonchev–Trinajstić information content (AvgIpc) is 2.44. The second-order valence-electron chi connectivity index (χ2n) is 4.69. The molecule has 0 rings (SSSR count). The number of carbonyl (C=O) groups excluding carboxylic acids is 1. The predicted molar refractivity (Wildman–Crippen MR) is 84.8 cm³/mol. The lowest BCUT2D eigenvalue weighted by Gasteiger charge is -2.31. The number of unbranched alkanes of at least 4 members (excludes halogenated alkanes) is 3. The van der Waals surface area contributed by atoms with Crippen molar-refractivity contribution in [3.63, 3.8) is 0 Å². The minimum absolute atomic E-state index is 0.510. The molecule has 0 saturated heterocycles. The van der Waals surface area contributed by atoms with Gasteiger partial charge in [0.25, 0.3) is 0 Å². The van der Waals surface area contributed by atoms with Crippen LogP contribution in [0.1, 0.15) is 53.4 Å². The molecule has 0 aromatic rings. The van der Waals surface area contributed by atoms with E-state index in [0.29, 0.717) is 13.2 Å². The number of esters is 1. The van der Waals surface area contributed by atoms with Gasteiger partial charge in [0.15, 0.2) is 6.29 Å². The van der Waals surface area contributed by atoms with Crippen LogP contribution in [0.5, 0.6) is 0 Å². The van der Waals surface area contributed by atoms with E-state index in [1.54, 1.807) is 6.92 Å². The van der Waals surface area contributed by atoms with Gasteiger partial charge in [-0.15, -0.1) is 0 Å². The molecule has 0 saturated carbocycles. The van der Waals surface area contributed by atoms with E-state index in [-0.39, 0.29) is 0 Å². The molecule has 1 unspecified atom stereocenters. The normalized spacial score (nSPS) is 13.0. The van der Waals surface area contributed by atoms with E-state index in [0.717, 1.165) is 25.0 Å². The number of ether oxygens (including phenoxy) is 1. The van der Waals surface area contributed by atoms with Crippen molar-refractivity contribution in [3.8, 4) is 0 Å². The summed E-state index contributed by atoms with van der Waals surface area (Å²) in [7, 11) is -2.80. The molecule has 0 fully saturated rings. The Bertz CT molecular complexity index is 290. The van der Waals surface area contributed by atoms with Crippen LogP contribution in [0.2, 0.25) is 6.04 Å². The molecule has 1 atom stereocenters. The molecule has 0 heterocycles. The van der Waals surface area contributed by atoms with Crippen LogP contribution >= 0.6 is 0 Å². The molecule has 0 aliphatic heterocycles. The fourth-order valence-corrected chi connectivity index (χ4v) is 4.75. The molecular formula is C15H30O5Si. The van der Waals surface area contributed by atoms with Gasteiger partial charge in [0.1, 0.15) is 0 Å². The first-order valence-electron chi connectivity index (χ1n) is 7.82. The molecule has 0 aliphatic rings. The van der Waals surface area contributed by atoms with Crippen LogP contribution in [0.3, 0.4) is 0 Å². The molecule has 0 aromatic carbocycles. The van der Waals surface area contributed by atoms with Crippen molar-refractivity contribution in [2.75, 3.05) is 13.2 Å². The van der Waals surface area contributed by atoms with E-state index in [9.17, 15) is 4.79 Å². The number of hydrogen-bond acceptors (Lipinski definition) is 5. The first-order valence-corrected chi connectivity index (χ1v) is 9.75. The van der Waals surface area contributed by atoms with Crippen LogP contribution in [0.25, 0.3) is 0 Å². The van der Waals surface area contributed by atoms with Crippen molar-refractivity contribution in [3.05, 3.63) is 12.7 Å². The molecule has 0 aliphatic carbocycles. The van der Waals surface area contributed by atoms with Gasteiger partial charge in [-0.2, -0.15) is 0 Å². The van der Waals surface area contributed by atoms with Crippen LogP contribution in [-0.2, 0) is 22.8 Å². The topological polar surface area (TPSA) is 54.0 Å². The van der Waals surface area contributed by atoms with Gasteiger partial charge in [-0.3, -0.25) is 0 Å². The number of carbonyl (C=O) groups is 1. The second kappa shape index (κ2) is 11.9. The fraction of sp³-hybridized carbons (Fsp3) is 0.800. The highest BCUT2D eigenvalue weighted by atomic mass is 28.4. The summed E-state index contributed by atoms with van der Waals surface area (Å²) in [5, 5.41) is 0. The summed E-state index contributed by atoms with van der Waals surface area (Å²) in [6.45, 7) is 12.1. The second-order valence-corrected chi connectivity index (χ2v) is 7.37. The van der Waals surface area contributed by atoms with Crippen molar-refractivity contribution >= 4 is 14.8 Å². The highest BCUT2D eigenvalue weighted by molar-refractivity contribution is 6.60. The van der Waals surface area contributed by atoms with Gasteiger partial charge in [0.05, 0.1) is 0 Å². The maximum absolute atomic E-state index is 11.2. The minimum Gasteiger partial charge on any atom is -0.434 e. The highest BCUT2D eigenvalue weighted by Gasteiger charge is 2.42. The van der Waals surface area contributed by atoms with E-state index in [1.165, 1.54) is 12.8 Å². The Kier molecular flexibility index (Phi) is 11.5. The third-order valence-electron chi connectivity index (χ3n) is 2.86. The van der Waals surface area contributed by atoms with Crippen molar-refractivity contribution in [2.24, 2.45) is 0 Å². The van der Waals surface area contributed by atoms with E-state index >= 15 is 0 Å². The van der Waals surface area contributed by atoms with Gasteiger partial charge in [-0.25, -0.2) is 4.79 Å². The van der Waals surface area contributed by atoms with Crippen molar-refractivity contribution in [2.45, 2.75) is 65.7 Å². The van der Waals surface area contributed by atoms with Gasteiger partial charge in [0, 0.05) is 25.3 Å². The smallest absolute Gasteiger partial charge is 0.434 e. The summed E-state index contributed by atoms with van der Waals surface area (Å²) in [4.78, 5) is 11.2. The van der Waals surface area contributed by atoms with Gasteiger partial charge < -0.3 is 18.0 Å². The molecule has 0 aromatic heterocycles. The summed E-state index contributed by atoms with van der Waals surface area (Å²) in [5.74, 6) is -0.510. The molecule has 21 heavy (non-hydrogen) atoms. The maximum atomic E-state index is 11.2. The third-order valence-corrected chi connectivity index (χ3v) is 5.97. The summed E-state index contributed by atoms with van der Waals surface area (Å²) in [6, 6.07) is 0.741. The van der Waals surface area contributed by atoms with Gasteiger partial charge >= 0.3 is 14.8 Å². The predicted octanol–water partition coefficient (Wildman–Crippen LogP) is 3.67. The van der Waals surface area contributed by atoms with Crippen molar-refractivity contribution in [1.29, 1.82) is 0 Å². The fourth-order valence-electron chi connectivity index (χ4n) is 2.01. The van der Waals surface area contributed by atoms with Crippen molar-refractivity contribution < 1.29 is 22.8 Å². The van der Waals surface area contributed by atoms with Crippen molar-refractivity contribution in [1.82, 2.24) is 0 Å². The molecule has 6 heteroatoms. The average molecular weight is 318 g/mol. The van der Waals surface area contributed by atoms with Crippen LogP contribution in [0.4, 0.5) is 0 Å². The highest BCUT2D eigenvalue weighted by Crippen LogP contribution is 2.22. The Morgan fingerprint density at radius 2 is 1.76 bits per heavy atom. The summed E-state index contributed by atoms with van der Waals surface area (Å²) in [6.07, 6.45) is 4.88. The van der Waals surface area contributed by atoms with Crippen LogP contribution in [-0.4, -0.2) is 34.3 Å². The first kappa shape index (κ1) is 20.3. The zero-order valence-electron chi connectivity index (χ0n) is 13.9. The molecule has 0 amide bonds. The Labute approximate surface area is 130 Å². The SMILES string of the molecule is C=CC(=O)OC(C)O[Si](CCCCCC)(OCC)OCC. The molecule has 0 bridgehead atoms. The van der Waals surface area contributed by atoms with E-state index < -0.39 is 21.1 Å². The van der Waals surface area contributed by atoms with Crippen LogP contribution < -0.4 is 0 Å². The quantitative estimate of drug-likeness (QED) is 0.170. The Hall–Kier alpha value is -0.693. The Morgan fingerprint density at radius 3 is 2.24 bits per heavy atom. The third kappa shape index (κ3) is 9.03. The molecule has 124 valence electrons. The zero-order chi connectivity index (χ0) is 16.1. The number of hydrogen-bond donors (Lipinski definition) is 0. The van der Waals surface area contributed by atoms with E-state index in [4.69, 9.17) is 18.0 Å². The van der Waals surface area contributed by atoms with Crippen LogP contribution in [0.15, 0.2) is 12.7 Å². The Morgan fingerprint density at radius 1 is 1.14 bits per heavy atom. The lowest BCUT2D eigenvalue weighted by Crippen LogP contribution is -2.48. The first-order chi connectivity index (χ1) is 10.0. The van der Waals surface area contributed by atoms with Gasteiger partial charge in [0.2, 0.25) is 0 Å². The van der Waals surface area contributed by atoms with Gasteiger partial charge in [-0.1, -0.05) is 32.8 Å². The largest absolute Gasteiger partial charge is 0.503 e. The summed E-state index contributed by atoms with van der Waals surface area (Å²) < 4.78 is 22.6. The molecule has 5 nitrogen and oxygen atoms in total. The lowest BCUT2D eigenvalue weighted by atomic mass is 10.2. The molecular weight excluding hydrogens is 288 g/mol.